The third kappa shape index (κ3) is 4.78. The number of para-hydroxylation sites is 1. The Morgan fingerprint density at radius 1 is 1.29 bits per heavy atom. The van der Waals surface area contributed by atoms with E-state index in [4.69, 9.17) is 5.11 Å². The van der Waals surface area contributed by atoms with Crippen LogP contribution in [0.15, 0.2) is 30.5 Å². The molecule has 2 N–H and O–H groups in total. The number of benzene rings is 1. The second kappa shape index (κ2) is 8.35. The van der Waals surface area contributed by atoms with Gasteiger partial charge in [-0.3, -0.25) is 4.79 Å². The van der Waals surface area contributed by atoms with E-state index in [2.05, 4.69) is 11.1 Å². The maximum atomic E-state index is 10.4. The largest absolute Gasteiger partial charge is 1.00 e. The Balaban J connectivity index is -0.000000640. The van der Waals surface area contributed by atoms with Crippen molar-refractivity contribution in [2.45, 2.75) is 19.3 Å². The molecule has 0 fully saturated rings. The van der Waals surface area contributed by atoms with Crippen LogP contribution < -0.4 is 59.1 Å². The number of H-pyrrole nitrogens is 1. The first-order valence-corrected chi connectivity index (χ1v) is 5.04. The predicted molar refractivity (Wildman–Crippen MR) is 61.1 cm³/mol. The third-order valence-corrected chi connectivity index (χ3v) is 2.51. The number of nitrogens with one attached hydrogen (secondary N) is 1. The van der Waals surface area contributed by atoms with Gasteiger partial charge in [-0.2, -0.15) is 0 Å². The van der Waals surface area contributed by atoms with Crippen LogP contribution in [0.1, 0.15) is 21.3 Å². The molecule has 0 aliphatic rings. The van der Waals surface area contributed by atoms with E-state index in [1.54, 1.807) is 0 Å². The van der Waals surface area contributed by atoms with Crippen molar-refractivity contribution in [2.24, 2.45) is 0 Å². The van der Waals surface area contributed by atoms with Crippen LogP contribution in [0, 0.1) is 0 Å². The van der Waals surface area contributed by atoms with Crippen LogP contribution >= 0.6 is 0 Å². The monoisotopic (exact) mass is 251 g/mol. The van der Waals surface area contributed by atoms with Gasteiger partial charge in [0.15, 0.2) is 0 Å². The van der Waals surface area contributed by atoms with Crippen molar-refractivity contribution >= 4 is 16.9 Å². The van der Waals surface area contributed by atoms with E-state index >= 15 is 0 Å². The van der Waals surface area contributed by atoms with Crippen molar-refractivity contribution in [3.05, 3.63) is 36.0 Å². The van der Waals surface area contributed by atoms with Crippen molar-refractivity contribution in [1.82, 2.24) is 4.98 Å². The first kappa shape index (κ1) is 17.2. The number of hydrogen-bond donors (Lipinski definition) is 2. The molecule has 1 aromatic carbocycles. The molecule has 2 rings (SSSR count). The van der Waals surface area contributed by atoms with Crippen molar-refractivity contribution < 1.29 is 71.9 Å². The Bertz CT molecular complexity index is 491. The predicted octanol–water partition coefficient (Wildman–Crippen LogP) is -3.19. The summed E-state index contributed by atoms with van der Waals surface area (Å²) in [6, 6.07) is 8.06. The molecule has 0 bridgehead atoms. The quantitative estimate of drug-likeness (QED) is 0.563. The molecular weight excluding hydrogens is 236 g/mol. The van der Waals surface area contributed by atoms with Crippen LogP contribution in [0.3, 0.4) is 0 Å². The van der Waals surface area contributed by atoms with Gasteiger partial charge < -0.3 is 12.9 Å². The first-order valence-electron chi connectivity index (χ1n) is 5.04. The molecule has 0 spiro atoms. The number of aliphatic carboxylic acids is 1. The van der Waals surface area contributed by atoms with E-state index in [0.29, 0.717) is 6.42 Å². The van der Waals surface area contributed by atoms with Gasteiger partial charge in [0.25, 0.3) is 0 Å². The number of rotatable bonds is 4. The standard InChI is InChI=1S/C12H13NO2.2Na.2H/c14-12(15)7-3-4-9-8-13-11-6-2-1-5-10(9)11;;;;/h1-2,5-6,8,13H,3-4,7H2,(H,14,15);;;;/q;2*+1;2*-1. The van der Waals surface area contributed by atoms with Crippen LogP contribution in [0.2, 0.25) is 0 Å². The van der Waals surface area contributed by atoms with E-state index in [1.165, 1.54) is 10.9 Å². The van der Waals surface area contributed by atoms with Crippen LogP contribution in [-0.2, 0) is 11.2 Å². The smallest absolute Gasteiger partial charge is 1.00 e. The molecule has 1 heterocycles. The van der Waals surface area contributed by atoms with Crippen LogP contribution in [-0.4, -0.2) is 16.1 Å². The Morgan fingerprint density at radius 3 is 2.71 bits per heavy atom. The molecule has 5 heteroatoms. The van der Waals surface area contributed by atoms with Crippen LogP contribution in [0.4, 0.5) is 0 Å². The number of hydrogen-bond acceptors (Lipinski definition) is 1. The minimum atomic E-state index is -0.727. The summed E-state index contributed by atoms with van der Waals surface area (Å²) in [7, 11) is 0. The summed E-state index contributed by atoms with van der Waals surface area (Å²) < 4.78 is 0. The molecule has 0 aliphatic carbocycles. The summed E-state index contributed by atoms with van der Waals surface area (Å²) >= 11 is 0. The molecule has 0 radical (unpaired) electrons. The zero-order valence-electron chi connectivity index (χ0n) is 12.4. The minimum Gasteiger partial charge on any atom is -1.00 e. The average Bonchev–Trinajstić information content (AvgIpc) is 2.62. The van der Waals surface area contributed by atoms with E-state index in [9.17, 15) is 4.79 Å². The van der Waals surface area contributed by atoms with Gasteiger partial charge in [0.05, 0.1) is 0 Å². The molecule has 82 valence electrons. The summed E-state index contributed by atoms with van der Waals surface area (Å²) in [5.41, 5.74) is 2.31. The summed E-state index contributed by atoms with van der Waals surface area (Å²) in [6.45, 7) is 0. The summed E-state index contributed by atoms with van der Waals surface area (Å²) in [5.74, 6) is -0.727. The Kier molecular flexibility index (Phi) is 8.47. The molecular formula is C12H15NNa2O2. The first-order chi connectivity index (χ1) is 7.27. The molecule has 0 saturated heterocycles. The van der Waals surface area contributed by atoms with E-state index in [-0.39, 0.29) is 68.4 Å². The molecule has 2 aromatic rings. The number of aromatic amines is 1. The Morgan fingerprint density at radius 2 is 2.00 bits per heavy atom. The van der Waals surface area contributed by atoms with E-state index < -0.39 is 5.97 Å². The minimum absolute atomic E-state index is 0. The van der Waals surface area contributed by atoms with Gasteiger partial charge >= 0.3 is 65.1 Å². The van der Waals surface area contributed by atoms with Gasteiger partial charge in [-0.25, -0.2) is 0 Å². The second-order valence-corrected chi connectivity index (χ2v) is 3.61. The van der Waals surface area contributed by atoms with Crippen LogP contribution in [0.25, 0.3) is 10.9 Å². The normalized spacial score (nSPS) is 9.41. The molecule has 0 saturated carbocycles. The Labute approximate surface area is 148 Å². The Hall–Kier alpha value is 0.230. The maximum absolute atomic E-state index is 10.4. The van der Waals surface area contributed by atoms with E-state index in [0.717, 1.165) is 11.9 Å². The second-order valence-electron chi connectivity index (χ2n) is 3.61. The zero-order chi connectivity index (χ0) is 10.7. The summed E-state index contributed by atoms with van der Waals surface area (Å²) in [4.78, 5) is 13.6. The molecule has 3 nitrogen and oxygen atoms in total. The summed E-state index contributed by atoms with van der Waals surface area (Å²) in [5, 5.41) is 9.74. The van der Waals surface area contributed by atoms with Gasteiger partial charge in [-0.15, -0.1) is 0 Å². The number of aryl methyl sites for hydroxylation is 1. The fourth-order valence-corrected chi connectivity index (χ4v) is 1.77. The van der Waals surface area contributed by atoms with Crippen molar-refractivity contribution in [3.8, 4) is 0 Å². The fraction of sp³-hybridized carbons (Fsp3) is 0.250. The maximum Gasteiger partial charge on any atom is 1.00 e. The molecule has 0 atom stereocenters. The molecule has 0 aliphatic heterocycles. The SMILES string of the molecule is O=C(O)CCCc1c[nH]c2ccccc12.[H-].[H-].[Na+].[Na+]. The molecule has 0 amide bonds. The molecule has 0 unspecified atom stereocenters. The summed E-state index contributed by atoms with van der Waals surface area (Å²) in [6.07, 6.45) is 3.71. The topological polar surface area (TPSA) is 53.1 Å². The van der Waals surface area contributed by atoms with Gasteiger partial charge in [0.2, 0.25) is 0 Å². The van der Waals surface area contributed by atoms with Gasteiger partial charge in [0.1, 0.15) is 0 Å². The van der Waals surface area contributed by atoms with Crippen molar-refractivity contribution in [2.75, 3.05) is 0 Å². The average molecular weight is 251 g/mol. The van der Waals surface area contributed by atoms with E-state index in [1.807, 2.05) is 24.4 Å². The molecule has 1 aromatic heterocycles. The number of carbonyl (C=O) groups is 1. The van der Waals surface area contributed by atoms with Gasteiger partial charge in [-0.05, 0) is 24.5 Å². The fourth-order valence-electron chi connectivity index (χ4n) is 1.77. The van der Waals surface area contributed by atoms with Crippen molar-refractivity contribution in [1.29, 1.82) is 0 Å². The zero-order valence-corrected chi connectivity index (χ0v) is 14.4. The number of fused-ring (bicyclic) bond motifs is 1. The third-order valence-electron chi connectivity index (χ3n) is 2.51. The number of aromatic nitrogens is 1. The molecule has 17 heavy (non-hydrogen) atoms. The number of carboxylic acids is 1. The van der Waals surface area contributed by atoms with Gasteiger partial charge in [-0.1, -0.05) is 18.2 Å². The van der Waals surface area contributed by atoms with Crippen LogP contribution in [0.5, 0.6) is 0 Å². The van der Waals surface area contributed by atoms with Crippen molar-refractivity contribution in [3.63, 3.8) is 0 Å². The number of carboxylic acid groups (broad SMARTS) is 1. The van der Waals surface area contributed by atoms with Gasteiger partial charge in [0, 0.05) is 23.5 Å².